The molecule has 0 aromatic heterocycles. The summed E-state index contributed by atoms with van der Waals surface area (Å²) in [7, 11) is 0. The van der Waals surface area contributed by atoms with Gasteiger partial charge >= 0.3 is 0 Å². The quantitative estimate of drug-likeness (QED) is 0.513. The SMILES string of the molecule is O=C(NC1CCCCC1)C(c1cc2c(cc1[N+](=O)[O-])OCO2)N1CCN(c2ccccc2)CC1. The topological polar surface area (TPSA) is 97.2 Å². The van der Waals surface area contributed by atoms with Crippen LogP contribution in [-0.2, 0) is 4.79 Å². The van der Waals surface area contributed by atoms with Gasteiger partial charge in [-0.25, -0.2) is 0 Å². The number of amides is 1. The predicted octanol–water partition coefficient (Wildman–Crippen LogP) is 3.64. The molecule has 180 valence electrons. The zero-order valence-electron chi connectivity index (χ0n) is 19.2. The molecule has 2 aliphatic heterocycles. The van der Waals surface area contributed by atoms with Gasteiger partial charge in [0.15, 0.2) is 11.5 Å². The lowest BCUT2D eigenvalue weighted by atomic mass is 9.94. The molecule has 2 aromatic carbocycles. The number of benzene rings is 2. The molecule has 1 saturated carbocycles. The van der Waals surface area contributed by atoms with Crippen LogP contribution in [0, 0.1) is 10.1 Å². The number of fused-ring (bicyclic) bond motifs is 1. The fourth-order valence-electron chi connectivity index (χ4n) is 5.23. The molecule has 0 bridgehead atoms. The first-order chi connectivity index (χ1) is 16.6. The molecule has 0 spiro atoms. The van der Waals surface area contributed by atoms with Gasteiger partial charge in [0, 0.05) is 37.9 Å². The van der Waals surface area contributed by atoms with Crippen LogP contribution in [0.1, 0.15) is 43.7 Å². The van der Waals surface area contributed by atoms with Crippen LogP contribution < -0.4 is 19.7 Å². The first kappa shape index (κ1) is 22.5. The van der Waals surface area contributed by atoms with Crippen molar-refractivity contribution in [3.63, 3.8) is 0 Å². The number of rotatable bonds is 6. The van der Waals surface area contributed by atoms with E-state index in [1.807, 2.05) is 18.2 Å². The van der Waals surface area contributed by atoms with E-state index in [4.69, 9.17) is 9.47 Å². The highest BCUT2D eigenvalue weighted by Crippen LogP contribution is 2.42. The number of nitro benzene ring substituents is 1. The number of para-hydroxylation sites is 1. The molecular weight excluding hydrogens is 436 g/mol. The first-order valence-electron chi connectivity index (χ1n) is 12.0. The van der Waals surface area contributed by atoms with Crippen LogP contribution in [0.15, 0.2) is 42.5 Å². The summed E-state index contributed by atoms with van der Waals surface area (Å²) in [4.78, 5) is 29.6. The number of piperazine rings is 1. The summed E-state index contributed by atoms with van der Waals surface area (Å²) < 4.78 is 10.9. The van der Waals surface area contributed by atoms with Crippen LogP contribution in [-0.4, -0.2) is 54.7 Å². The summed E-state index contributed by atoms with van der Waals surface area (Å²) in [5, 5.41) is 15.2. The Morgan fingerprint density at radius 1 is 1.00 bits per heavy atom. The molecule has 1 N–H and O–H groups in total. The van der Waals surface area contributed by atoms with Gasteiger partial charge in [0.1, 0.15) is 6.04 Å². The zero-order chi connectivity index (χ0) is 23.5. The summed E-state index contributed by atoms with van der Waals surface area (Å²) >= 11 is 0. The Balaban J connectivity index is 1.44. The molecule has 9 heteroatoms. The van der Waals surface area contributed by atoms with E-state index in [1.165, 1.54) is 12.5 Å². The summed E-state index contributed by atoms with van der Waals surface area (Å²) in [6, 6.07) is 12.5. The van der Waals surface area contributed by atoms with Crippen molar-refractivity contribution in [3.8, 4) is 11.5 Å². The van der Waals surface area contributed by atoms with Gasteiger partial charge < -0.3 is 19.7 Å². The molecule has 34 heavy (non-hydrogen) atoms. The average Bonchev–Trinajstić information content (AvgIpc) is 3.33. The fourth-order valence-corrected chi connectivity index (χ4v) is 5.23. The van der Waals surface area contributed by atoms with Crippen LogP contribution in [0.25, 0.3) is 0 Å². The van der Waals surface area contributed by atoms with Gasteiger partial charge in [0.25, 0.3) is 5.69 Å². The van der Waals surface area contributed by atoms with Crippen molar-refractivity contribution in [1.82, 2.24) is 10.2 Å². The molecule has 5 rings (SSSR count). The third kappa shape index (κ3) is 4.65. The van der Waals surface area contributed by atoms with Crippen LogP contribution in [0.4, 0.5) is 11.4 Å². The van der Waals surface area contributed by atoms with E-state index < -0.39 is 11.0 Å². The smallest absolute Gasteiger partial charge is 0.278 e. The Kier molecular flexibility index (Phi) is 6.53. The lowest BCUT2D eigenvalue weighted by Crippen LogP contribution is -2.52. The Labute approximate surface area is 198 Å². The maximum atomic E-state index is 13.7. The number of anilines is 1. The van der Waals surface area contributed by atoms with Crippen molar-refractivity contribution in [3.05, 3.63) is 58.1 Å². The van der Waals surface area contributed by atoms with E-state index in [-0.39, 0.29) is 24.4 Å². The Morgan fingerprint density at radius 2 is 1.68 bits per heavy atom. The van der Waals surface area contributed by atoms with E-state index >= 15 is 0 Å². The zero-order valence-corrected chi connectivity index (χ0v) is 19.2. The van der Waals surface area contributed by atoms with Crippen molar-refractivity contribution in [1.29, 1.82) is 0 Å². The molecule has 1 saturated heterocycles. The lowest BCUT2D eigenvalue weighted by Gasteiger charge is -2.40. The molecule has 0 radical (unpaired) electrons. The largest absolute Gasteiger partial charge is 0.454 e. The van der Waals surface area contributed by atoms with Crippen LogP contribution in [0.5, 0.6) is 11.5 Å². The standard InChI is InChI=1S/C25H30N4O5/c30-25(26-18-7-3-1-4-8-18)24(20-15-22-23(34-17-33-22)16-21(20)29(31)32)28-13-11-27(12-14-28)19-9-5-2-6-10-19/h2,5-6,9-10,15-16,18,24H,1,3-4,7-8,11-14,17H2,(H,26,30). The molecule has 2 heterocycles. The molecule has 1 aliphatic carbocycles. The van der Waals surface area contributed by atoms with E-state index in [0.29, 0.717) is 30.2 Å². The minimum absolute atomic E-state index is 0.0185. The number of nitrogens with zero attached hydrogens (tertiary/aromatic N) is 3. The van der Waals surface area contributed by atoms with Gasteiger partial charge in [-0.05, 0) is 31.0 Å². The first-order valence-corrected chi connectivity index (χ1v) is 12.0. The highest BCUT2D eigenvalue weighted by molar-refractivity contribution is 5.85. The summed E-state index contributed by atoms with van der Waals surface area (Å²) in [5.41, 5.74) is 1.38. The molecule has 9 nitrogen and oxygen atoms in total. The average molecular weight is 467 g/mol. The normalized spacial score (nSPS) is 19.6. The molecule has 2 aromatic rings. The Hall–Kier alpha value is -3.33. The minimum Gasteiger partial charge on any atom is -0.454 e. The number of ether oxygens (including phenoxy) is 2. The molecule has 2 fully saturated rings. The summed E-state index contributed by atoms with van der Waals surface area (Å²) in [6.45, 7) is 2.71. The Morgan fingerprint density at radius 3 is 2.35 bits per heavy atom. The van der Waals surface area contributed by atoms with Crippen molar-refractivity contribution < 1.29 is 19.2 Å². The van der Waals surface area contributed by atoms with Crippen molar-refractivity contribution in [2.24, 2.45) is 0 Å². The van der Waals surface area contributed by atoms with Gasteiger partial charge in [-0.1, -0.05) is 37.5 Å². The second kappa shape index (κ2) is 9.89. The fraction of sp³-hybridized carbons (Fsp3) is 0.480. The maximum absolute atomic E-state index is 13.7. The van der Waals surface area contributed by atoms with Crippen LogP contribution >= 0.6 is 0 Å². The van der Waals surface area contributed by atoms with E-state index in [1.54, 1.807) is 6.07 Å². The van der Waals surface area contributed by atoms with Crippen LogP contribution in [0.3, 0.4) is 0 Å². The number of carbonyl (C=O) groups excluding carboxylic acids is 1. The Bertz CT molecular complexity index is 1030. The third-order valence-electron chi connectivity index (χ3n) is 7.01. The van der Waals surface area contributed by atoms with Gasteiger partial charge in [-0.3, -0.25) is 19.8 Å². The summed E-state index contributed by atoms with van der Waals surface area (Å²) in [6.07, 6.45) is 5.27. The van der Waals surface area contributed by atoms with E-state index in [0.717, 1.165) is 44.5 Å². The number of hydrogen-bond acceptors (Lipinski definition) is 7. The van der Waals surface area contributed by atoms with Crippen molar-refractivity contribution in [2.75, 3.05) is 37.9 Å². The van der Waals surface area contributed by atoms with Gasteiger partial charge in [0.2, 0.25) is 12.7 Å². The molecular formula is C25H30N4O5. The monoisotopic (exact) mass is 466 g/mol. The van der Waals surface area contributed by atoms with E-state index in [2.05, 4.69) is 27.2 Å². The lowest BCUT2D eigenvalue weighted by molar-refractivity contribution is -0.386. The second-order valence-corrected chi connectivity index (χ2v) is 9.13. The predicted molar refractivity (Wildman–Crippen MR) is 127 cm³/mol. The van der Waals surface area contributed by atoms with Crippen molar-refractivity contribution >= 4 is 17.3 Å². The number of nitrogens with one attached hydrogen (secondary N) is 1. The maximum Gasteiger partial charge on any atom is 0.278 e. The summed E-state index contributed by atoms with van der Waals surface area (Å²) in [5.74, 6) is 0.608. The highest BCUT2D eigenvalue weighted by Gasteiger charge is 2.38. The van der Waals surface area contributed by atoms with Gasteiger partial charge in [-0.2, -0.15) is 0 Å². The van der Waals surface area contributed by atoms with Gasteiger partial charge in [-0.15, -0.1) is 0 Å². The second-order valence-electron chi connectivity index (χ2n) is 9.13. The minimum atomic E-state index is -0.769. The molecule has 1 unspecified atom stereocenters. The van der Waals surface area contributed by atoms with Crippen LogP contribution in [0.2, 0.25) is 0 Å². The molecule has 3 aliphatic rings. The van der Waals surface area contributed by atoms with E-state index in [9.17, 15) is 14.9 Å². The van der Waals surface area contributed by atoms with Crippen molar-refractivity contribution in [2.45, 2.75) is 44.2 Å². The highest BCUT2D eigenvalue weighted by atomic mass is 16.7. The molecule has 1 atom stereocenters. The molecule has 1 amide bonds. The van der Waals surface area contributed by atoms with Gasteiger partial charge in [0.05, 0.1) is 16.6 Å². The number of hydrogen-bond donors (Lipinski definition) is 1. The number of nitro groups is 1. The third-order valence-corrected chi connectivity index (χ3v) is 7.01. The number of carbonyl (C=O) groups is 1.